The minimum Gasteiger partial charge on any atom is -0.347 e. The molecule has 2 aromatic carbocycles. The summed E-state index contributed by atoms with van der Waals surface area (Å²) in [4.78, 5) is 12.9. The fourth-order valence-corrected chi connectivity index (χ4v) is 4.02. The van der Waals surface area contributed by atoms with Crippen molar-refractivity contribution in [3.05, 3.63) is 69.5 Å². The van der Waals surface area contributed by atoms with Crippen LogP contribution in [-0.2, 0) is 16.9 Å². The molecule has 5 nitrogen and oxygen atoms in total. The predicted octanol–water partition coefficient (Wildman–Crippen LogP) is 5.79. The van der Waals surface area contributed by atoms with Crippen molar-refractivity contribution in [1.29, 1.82) is 0 Å². The largest absolute Gasteiger partial charge is 0.347 e. The minimum absolute atomic E-state index is 0.0217. The first-order chi connectivity index (χ1) is 14.4. The van der Waals surface area contributed by atoms with E-state index in [1.807, 2.05) is 60.0 Å². The maximum atomic E-state index is 12.9. The maximum Gasteiger partial charge on any atom is 0.222 e. The number of nitrogens with zero attached hydrogens (tertiary/aromatic N) is 2. The number of H-pyrrole nitrogens is 1. The quantitative estimate of drug-likeness (QED) is 0.434. The first-order valence-electron chi connectivity index (χ1n) is 10.2. The Bertz CT molecular complexity index is 1050. The lowest BCUT2D eigenvalue weighted by atomic mass is 9.84. The van der Waals surface area contributed by atoms with Crippen LogP contribution in [0.4, 0.5) is 0 Å². The number of nitrogens with one attached hydrogen (secondary N) is 2. The van der Waals surface area contributed by atoms with E-state index in [1.165, 1.54) is 5.56 Å². The van der Waals surface area contributed by atoms with Gasteiger partial charge in [-0.1, -0.05) is 67.4 Å². The summed E-state index contributed by atoms with van der Waals surface area (Å²) >= 11 is 11.4. The van der Waals surface area contributed by atoms with Crippen LogP contribution in [-0.4, -0.2) is 20.7 Å². The van der Waals surface area contributed by atoms with Crippen LogP contribution in [0.3, 0.4) is 0 Å². The lowest BCUT2D eigenvalue weighted by Gasteiger charge is -2.34. The van der Waals surface area contributed by atoms with Gasteiger partial charge in [0.1, 0.15) is 0 Å². The number of hydrogen-bond donors (Lipinski definition) is 2. The number of carbonyl (C=O) groups excluding carboxylic acids is 1. The molecule has 0 aliphatic heterocycles. The van der Waals surface area contributed by atoms with Crippen molar-refractivity contribution in [3.8, 4) is 11.4 Å². The average molecular weight is 443 g/mol. The molecule has 1 amide bonds. The van der Waals surface area contributed by atoms with E-state index in [9.17, 15) is 4.79 Å². The summed E-state index contributed by atoms with van der Waals surface area (Å²) < 4.78 is 2.38. The van der Waals surface area contributed by atoms with Crippen LogP contribution >= 0.6 is 23.8 Å². The molecular formula is C23H27ClN4OS. The van der Waals surface area contributed by atoms with E-state index in [-0.39, 0.29) is 5.91 Å². The summed E-state index contributed by atoms with van der Waals surface area (Å²) in [7, 11) is 0. The maximum absolute atomic E-state index is 12.9. The number of rotatable bonds is 8. The summed E-state index contributed by atoms with van der Waals surface area (Å²) in [5.41, 5.74) is 2.78. The van der Waals surface area contributed by atoms with Crippen LogP contribution in [0, 0.1) is 11.7 Å². The highest BCUT2D eigenvalue weighted by Crippen LogP contribution is 2.30. The summed E-state index contributed by atoms with van der Waals surface area (Å²) in [5.74, 6) is 0.717. The van der Waals surface area contributed by atoms with E-state index in [0.717, 1.165) is 29.8 Å². The van der Waals surface area contributed by atoms with Crippen LogP contribution in [0.25, 0.3) is 11.4 Å². The summed E-state index contributed by atoms with van der Waals surface area (Å²) in [6.07, 6.45) is 1.88. The second kappa shape index (κ2) is 9.58. The number of aromatic amines is 1. The Labute approximate surface area is 187 Å². The Kier molecular flexibility index (Phi) is 7.10. The van der Waals surface area contributed by atoms with E-state index in [0.29, 0.717) is 22.8 Å². The van der Waals surface area contributed by atoms with E-state index in [2.05, 4.69) is 29.4 Å². The van der Waals surface area contributed by atoms with Crippen molar-refractivity contribution >= 4 is 29.7 Å². The zero-order valence-corrected chi connectivity index (χ0v) is 19.1. The van der Waals surface area contributed by atoms with Gasteiger partial charge in [-0.3, -0.25) is 14.5 Å². The Hall–Kier alpha value is -2.44. The monoisotopic (exact) mass is 442 g/mol. The smallest absolute Gasteiger partial charge is 0.222 e. The fraction of sp³-hybridized carbons (Fsp3) is 0.348. The standard InChI is InChI=1S/C23H27ClN4OS/c1-4-23(5-2,18-10-12-19(24)13-11-18)25-20(29)14-15-28-21(26-27-22(28)30)17-8-6-16(3)7-9-17/h6-13H,4-5,14-15H2,1-3H3,(H,25,29)(H,27,30). The van der Waals surface area contributed by atoms with E-state index < -0.39 is 5.54 Å². The third kappa shape index (κ3) is 4.82. The van der Waals surface area contributed by atoms with E-state index in [1.54, 1.807) is 0 Å². The molecule has 0 atom stereocenters. The topological polar surface area (TPSA) is 62.7 Å². The number of halogens is 1. The molecule has 1 heterocycles. The molecule has 0 radical (unpaired) electrons. The van der Waals surface area contributed by atoms with E-state index >= 15 is 0 Å². The highest BCUT2D eigenvalue weighted by molar-refractivity contribution is 7.71. The zero-order chi connectivity index (χ0) is 21.7. The van der Waals surface area contributed by atoms with E-state index in [4.69, 9.17) is 23.8 Å². The summed E-state index contributed by atoms with van der Waals surface area (Å²) in [6, 6.07) is 15.8. The van der Waals surface area contributed by atoms with Crippen molar-refractivity contribution in [2.45, 2.75) is 52.1 Å². The van der Waals surface area contributed by atoms with Crippen LogP contribution in [0.5, 0.6) is 0 Å². The molecule has 30 heavy (non-hydrogen) atoms. The van der Waals surface area contributed by atoms with Crippen molar-refractivity contribution in [2.24, 2.45) is 0 Å². The van der Waals surface area contributed by atoms with Gasteiger partial charge in [0.15, 0.2) is 10.6 Å². The average Bonchev–Trinajstić information content (AvgIpc) is 3.12. The number of benzene rings is 2. The van der Waals surface area contributed by atoms with Crippen molar-refractivity contribution in [1.82, 2.24) is 20.1 Å². The van der Waals surface area contributed by atoms with Gasteiger partial charge < -0.3 is 5.32 Å². The van der Waals surface area contributed by atoms with Gasteiger partial charge in [-0.2, -0.15) is 5.10 Å². The molecular weight excluding hydrogens is 416 g/mol. The Morgan fingerprint density at radius 3 is 2.37 bits per heavy atom. The third-order valence-electron chi connectivity index (χ3n) is 5.61. The highest BCUT2D eigenvalue weighted by atomic mass is 35.5. The molecule has 2 N–H and O–H groups in total. The molecule has 3 rings (SSSR count). The van der Waals surface area contributed by atoms with Gasteiger partial charge in [0.05, 0.1) is 5.54 Å². The fourth-order valence-electron chi connectivity index (χ4n) is 3.67. The second-order valence-corrected chi connectivity index (χ2v) is 8.29. The Morgan fingerprint density at radius 1 is 1.13 bits per heavy atom. The van der Waals surface area contributed by atoms with Gasteiger partial charge in [0.25, 0.3) is 0 Å². The highest BCUT2D eigenvalue weighted by Gasteiger charge is 2.30. The molecule has 0 saturated heterocycles. The van der Waals surface area contributed by atoms with Gasteiger partial charge >= 0.3 is 0 Å². The van der Waals surface area contributed by atoms with Crippen LogP contribution in [0.2, 0.25) is 5.02 Å². The van der Waals surface area contributed by atoms with Crippen LogP contribution < -0.4 is 5.32 Å². The van der Waals surface area contributed by atoms with Crippen LogP contribution in [0.15, 0.2) is 48.5 Å². The number of aromatic nitrogens is 3. The molecule has 1 aromatic heterocycles. The first-order valence-corrected chi connectivity index (χ1v) is 11.0. The summed E-state index contributed by atoms with van der Waals surface area (Å²) in [6.45, 7) is 6.66. The normalized spacial score (nSPS) is 11.5. The zero-order valence-electron chi connectivity index (χ0n) is 17.5. The molecule has 3 aromatic rings. The SMILES string of the molecule is CCC(CC)(NC(=O)CCn1c(-c2ccc(C)cc2)n[nH]c1=S)c1ccc(Cl)cc1. The molecule has 7 heteroatoms. The molecule has 158 valence electrons. The number of amides is 1. The molecule has 0 spiro atoms. The van der Waals surface area contributed by atoms with Crippen molar-refractivity contribution in [2.75, 3.05) is 0 Å². The summed E-state index contributed by atoms with van der Waals surface area (Å²) in [5, 5.41) is 11.1. The molecule has 0 fully saturated rings. The van der Waals surface area contributed by atoms with Crippen LogP contribution in [0.1, 0.15) is 44.2 Å². The Balaban J connectivity index is 1.75. The molecule has 0 unspecified atom stereocenters. The van der Waals surface area contributed by atoms with Crippen molar-refractivity contribution < 1.29 is 4.79 Å². The van der Waals surface area contributed by atoms with Gasteiger partial charge in [-0.25, -0.2) is 0 Å². The van der Waals surface area contributed by atoms with Crippen molar-refractivity contribution in [3.63, 3.8) is 0 Å². The first kappa shape index (κ1) is 22.2. The lowest BCUT2D eigenvalue weighted by molar-refractivity contribution is -0.123. The van der Waals surface area contributed by atoms with Gasteiger partial charge in [-0.15, -0.1) is 0 Å². The third-order valence-corrected chi connectivity index (χ3v) is 6.18. The number of hydrogen-bond acceptors (Lipinski definition) is 3. The molecule has 0 aliphatic rings. The molecule has 0 saturated carbocycles. The predicted molar refractivity (Wildman–Crippen MR) is 124 cm³/mol. The Morgan fingerprint density at radius 2 is 1.77 bits per heavy atom. The molecule has 0 aliphatic carbocycles. The number of aryl methyl sites for hydroxylation is 1. The van der Waals surface area contributed by atoms with Gasteiger partial charge in [0, 0.05) is 23.6 Å². The molecule has 0 bridgehead atoms. The lowest BCUT2D eigenvalue weighted by Crippen LogP contribution is -2.45. The van der Waals surface area contributed by atoms with Gasteiger partial charge in [0.2, 0.25) is 5.91 Å². The van der Waals surface area contributed by atoms with Gasteiger partial charge in [-0.05, 0) is 49.7 Å². The second-order valence-electron chi connectivity index (χ2n) is 7.46. The number of carbonyl (C=O) groups is 1. The minimum atomic E-state index is -0.417.